The largest absolute Gasteiger partial charge is 0.325 e. The van der Waals surface area contributed by atoms with Gasteiger partial charge in [-0.25, -0.2) is 0 Å². The molecule has 0 aromatic heterocycles. The Labute approximate surface area is 141 Å². The zero-order valence-electron chi connectivity index (χ0n) is 13.4. The number of rotatable bonds is 6. The van der Waals surface area contributed by atoms with Crippen molar-refractivity contribution < 1.29 is 9.72 Å². The van der Waals surface area contributed by atoms with Crippen LogP contribution in [-0.4, -0.2) is 10.8 Å². The van der Waals surface area contributed by atoms with Crippen molar-refractivity contribution in [3.63, 3.8) is 0 Å². The lowest BCUT2D eigenvalue weighted by Crippen LogP contribution is -2.27. The molecule has 1 N–H and O–H groups in total. The Kier molecular flexibility index (Phi) is 6.39. The van der Waals surface area contributed by atoms with Gasteiger partial charge in [0.1, 0.15) is 0 Å². The van der Waals surface area contributed by atoms with E-state index >= 15 is 0 Å². The Hall–Kier alpha value is -1.62. The van der Waals surface area contributed by atoms with E-state index in [0.717, 1.165) is 31.6 Å². The molecule has 6 heteroatoms. The third-order valence-corrected chi connectivity index (χ3v) is 4.92. The molecule has 0 spiro atoms. The first-order valence-electron chi connectivity index (χ1n) is 8.26. The fourth-order valence-electron chi connectivity index (χ4n) is 3.16. The third-order valence-electron chi connectivity index (χ3n) is 4.60. The highest BCUT2D eigenvalue weighted by Gasteiger charge is 2.26. The van der Waals surface area contributed by atoms with E-state index in [1.807, 2.05) is 0 Å². The van der Waals surface area contributed by atoms with Gasteiger partial charge in [-0.05, 0) is 37.7 Å². The molecule has 0 unspecified atom stereocenters. The fraction of sp³-hybridized carbons (Fsp3) is 0.588. The maximum absolute atomic E-state index is 12.4. The standard InChI is InChI=1S/C17H23ClN2O3/c1-2-3-4-12-5-7-13(8-6-12)17(21)19-16-10-9-14(20(22)23)11-15(16)18/h9-13H,2-8H2,1H3,(H,19,21). The number of carbonyl (C=O) groups is 1. The molecule has 1 aliphatic carbocycles. The smallest absolute Gasteiger partial charge is 0.271 e. The normalized spacial score (nSPS) is 21.0. The third kappa shape index (κ3) is 4.93. The van der Waals surface area contributed by atoms with Gasteiger partial charge in [-0.1, -0.05) is 37.8 Å². The van der Waals surface area contributed by atoms with Crippen LogP contribution in [0.3, 0.4) is 0 Å². The Balaban J connectivity index is 1.89. The number of hydrogen-bond acceptors (Lipinski definition) is 3. The predicted octanol–water partition coefficient (Wildman–Crippen LogP) is 5.18. The van der Waals surface area contributed by atoms with E-state index < -0.39 is 4.92 Å². The molecule has 5 nitrogen and oxygen atoms in total. The summed E-state index contributed by atoms with van der Waals surface area (Å²) in [4.78, 5) is 22.6. The topological polar surface area (TPSA) is 72.2 Å². The summed E-state index contributed by atoms with van der Waals surface area (Å²) in [6, 6.07) is 4.10. The Morgan fingerprint density at radius 2 is 2.04 bits per heavy atom. The summed E-state index contributed by atoms with van der Waals surface area (Å²) in [5.74, 6) is 0.732. The van der Waals surface area contributed by atoms with E-state index in [2.05, 4.69) is 12.2 Å². The zero-order chi connectivity index (χ0) is 16.8. The van der Waals surface area contributed by atoms with Crippen LogP contribution in [0.15, 0.2) is 18.2 Å². The highest BCUT2D eigenvalue weighted by Crippen LogP contribution is 2.33. The van der Waals surface area contributed by atoms with Crippen molar-refractivity contribution >= 4 is 28.9 Å². The number of carbonyl (C=O) groups excluding carboxylic acids is 1. The number of nitro groups is 1. The molecule has 1 fully saturated rings. The Morgan fingerprint density at radius 1 is 1.35 bits per heavy atom. The second-order valence-corrected chi connectivity index (χ2v) is 6.68. The molecule has 126 valence electrons. The van der Waals surface area contributed by atoms with E-state index in [9.17, 15) is 14.9 Å². The van der Waals surface area contributed by atoms with Crippen LogP contribution in [0.2, 0.25) is 5.02 Å². The lowest BCUT2D eigenvalue weighted by molar-refractivity contribution is -0.384. The maximum Gasteiger partial charge on any atom is 0.271 e. The minimum absolute atomic E-state index is 0.0131. The van der Waals surface area contributed by atoms with Gasteiger partial charge >= 0.3 is 0 Å². The number of non-ortho nitro benzene ring substituents is 1. The first kappa shape index (κ1) is 17.7. The van der Waals surface area contributed by atoms with Crippen molar-refractivity contribution in [1.29, 1.82) is 0 Å². The Morgan fingerprint density at radius 3 is 2.61 bits per heavy atom. The van der Waals surface area contributed by atoms with Crippen LogP contribution in [0.5, 0.6) is 0 Å². The van der Waals surface area contributed by atoms with Crippen LogP contribution in [0.1, 0.15) is 51.9 Å². The quantitative estimate of drug-likeness (QED) is 0.573. The summed E-state index contributed by atoms with van der Waals surface area (Å²) in [6.07, 6.45) is 7.77. The number of anilines is 1. The number of nitrogens with one attached hydrogen (secondary N) is 1. The molecule has 0 heterocycles. The number of amides is 1. The van der Waals surface area contributed by atoms with Gasteiger partial charge in [-0.3, -0.25) is 14.9 Å². The maximum atomic E-state index is 12.4. The van der Waals surface area contributed by atoms with Gasteiger partial charge in [-0.15, -0.1) is 0 Å². The highest BCUT2D eigenvalue weighted by atomic mass is 35.5. The van der Waals surface area contributed by atoms with Gasteiger partial charge in [-0.2, -0.15) is 0 Å². The van der Waals surface area contributed by atoms with Gasteiger partial charge in [0, 0.05) is 18.1 Å². The van der Waals surface area contributed by atoms with Gasteiger partial charge in [0.15, 0.2) is 0 Å². The Bertz CT molecular complexity index is 569. The first-order valence-corrected chi connectivity index (χ1v) is 8.63. The predicted molar refractivity (Wildman–Crippen MR) is 91.7 cm³/mol. The average Bonchev–Trinajstić information content (AvgIpc) is 2.55. The molecule has 0 atom stereocenters. The number of halogens is 1. The monoisotopic (exact) mass is 338 g/mol. The lowest BCUT2D eigenvalue weighted by atomic mass is 9.79. The summed E-state index contributed by atoms with van der Waals surface area (Å²) < 4.78 is 0. The first-order chi connectivity index (χ1) is 11.0. The zero-order valence-corrected chi connectivity index (χ0v) is 14.1. The molecule has 0 radical (unpaired) electrons. The van der Waals surface area contributed by atoms with E-state index in [-0.39, 0.29) is 22.5 Å². The van der Waals surface area contributed by atoms with Crippen molar-refractivity contribution in [1.82, 2.24) is 0 Å². The summed E-state index contributed by atoms with van der Waals surface area (Å²) in [7, 11) is 0. The molecule has 2 rings (SSSR count). The van der Waals surface area contributed by atoms with Crippen molar-refractivity contribution in [2.24, 2.45) is 11.8 Å². The minimum Gasteiger partial charge on any atom is -0.325 e. The van der Waals surface area contributed by atoms with Crippen LogP contribution in [0.25, 0.3) is 0 Å². The van der Waals surface area contributed by atoms with Gasteiger partial charge in [0.25, 0.3) is 5.69 Å². The number of hydrogen-bond donors (Lipinski definition) is 1. The average molecular weight is 339 g/mol. The van der Waals surface area contributed by atoms with E-state index in [1.165, 1.54) is 37.5 Å². The van der Waals surface area contributed by atoms with Crippen molar-refractivity contribution in [3.05, 3.63) is 33.3 Å². The van der Waals surface area contributed by atoms with Crippen LogP contribution in [-0.2, 0) is 4.79 Å². The number of nitro benzene ring substituents is 1. The molecule has 0 saturated heterocycles. The molecular formula is C17H23ClN2O3. The second-order valence-electron chi connectivity index (χ2n) is 6.27. The molecule has 1 aliphatic rings. The summed E-state index contributed by atoms with van der Waals surface area (Å²) in [5.41, 5.74) is 0.361. The molecule has 1 amide bonds. The van der Waals surface area contributed by atoms with Gasteiger partial charge < -0.3 is 5.32 Å². The number of benzene rings is 1. The molecule has 1 aromatic carbocycles. The molecule has 0 aliphatic heterocycles. The lowest BCUT2D eigenvalue weighted by Gasteiger charge is -2.27. The number of unbranched alkanes of at least 4 members (excludes halogenated alkanes) is 1. The van der Waals surface area contributed by atoms with Crippen molar-refractivity contribution in [2.75, 3.05) is 5.32 Å². The summed E-state index contributed by atoms with van der Waals surface area (Å²) in [5, 5.41) is 13.7. The van der Waals surface area contributed by atoms with Crippen LogP contribution >= 0.6 is 11.6 Å². The fourth-order valence-corrected chi connectivity index (χ4v) is 3.38. The molecular weight excluding hydrogens is 316 g/mol. The summed E-state index contributed by atoms with van der Waals surface area (Å²) >= 11 is 6.02. The van der Waals surface area contributed by atoms with Crippen LogP contribution in [0, 0.1) is 22.0 Å². The van der Waals surface area contributed by atoms with Crippen molar-refractivity contribution in [2.45, 2.75) is 51.9 Å². The van der Waals surface area contributed by atoms with Gasteiger partial charge in [0.05, 0.1) is 15.6 Å². The SMILES string of the molecule is CCCCC1CCC(C(=O)Nc2ccc([N+](=O)[O-])cc2Cl)CC1. The molecule has 0 bridgehead atoms. The van der Waals surface area contributed by atoms with Crippen LogP contribution in [0.4, 0.5) is 11.4 Å². The molecule has 23 heavy (non-hydrogen) atoms. The van der Waals surface area contributed by atoms with Crippen molar-refractivity contribution in [3.8, 4) is 0 Å². The molecule has 1 aromatic rings. The van der Waals surface area contributed by atoms with E-state index in [0.29, 0.717) is 5.69 Å². The summed E-state index contributed by atoms with van der Waals surface area (Å²) in [6.45, 7) is 2.20. The number of nitrogens with zero attached hydrogens (tertiary/aromatic N) is 1. The van der Waals surface area contributed by atoms with Crippen LogP contribution < -0.4 is 5.32 Å². The van der Waals surface area contributed by atoms with E-state index in [4.69, 9.17) is 11.6 Å². The van der Waals surface area contributed by atoms with Gasteiger partial charge in [0.2, 0.25) is 5.91 Å². The van der Waals surface area contributed by atoms with E-state index in [1.54, 1.807) is 0 Å². The molecule has 1 saturated carbocycles. The second kappa shape index (κ2) is 8.29. The highest BCUT2D eigenvalue weighted by molar-refractivity contribution is 6.34. The minimum atomic E-state index is -0.505.